The fourth-order valence-electron chi connectivity index (χ4n) is 3.61. The number of nitrogens with zero attached hydrogens (tertiary/aromatic N) is 2. The summed E-state index contributed by atoms with van der Waals surface area (Å²) in [5.41, 5.74) is -0.526. The average Bonchev–Trinajstić information content (AvgIpc) is 2.66. The van der Waals surface area contributed by atoms with Crippen LogP contribution in [0.5, 0.6) is 0 Å². The molecule has 2 aliphatic rings. The first-order valence-corrected chi connectivity index (χ1v) is 9.51. The van der Waals surface area contributed by atoms with Crippen LogP contribution in [0.1, 0.15) is 47.0 Å². The van der Waals surface area contributed by atoms with Gasteiger partial charge >= 0.3 is 6.09 Å². The third-order valence-electron chi connectivity index (χ3n) is 4.86. The molecule has 26 heavy (non-hydrogen) atoms. The molecule has 0 aromatic carbocycles. The summed E-state index contributed by atoms with van der Waals surface area (Å²) in [6.45, 7) is 12.7. The Labute approximate surface area is 157 Å². The predicted octanol–water partition coefficient (Wildman–Crippen LogP) is 3.92. The molecule has 3 atom stereocenters. The van der Waals surface area contributed by atoms with Crippen molar-refractivity contribution in [1.82, 2.24) is 9.80 Å². The highest BCUT2D eigenvalue weighted by atomic mass is 16.6. The van der Waals surface area contributed by atoms with Crippen LogP contribution in [0.25, 0.3) is 0 Å². The van der Waals surface area contributed by atoms with Gasteiger partial charge in [0.1, 0.15) is 5.60 Å². The molecule has 2 rings (SSSR count). The summed E-state index contributed by atoms with van der Waals surface area (Å²) in [6.07, 6.45) is 11.6. The highest BCUT2D eigenvalue weighted by Gasteiger charge is 2.38. The van der Waals surface area contributed by atoms with E-state index in [4.69, 9.17) is 4.74 Å². The largest absolute Gasteiger partial charge is 0.444 e. The van der Waals surface area contributed by atoms with E-state index in [1.807, 2.05) is 50.0 Å². The lowest BCUT2D eigenvalue weighted by Gasteiger charge is -2.44. The quantitative estimate of drug-likeness (QED) is 0.717. The first kappa shape index (κ1) is 20.3. The zero-order valence-corrected chi connectivity index (χ0v) is 16.5. The Hall–Kier alpha value is -2.04. The maximum Gasteiger partial charge on any atom is 0.410 e. The van der Waals surface area contributed by atoms with E-state index in [2.05, 4.69) is 19.6 Å². The summed E-state index contributed by atoms with van der Waals surface area (Å²) in [4.78, 5) is 28.9. The second kappa shape index (κ2) is 8.56. The Bertz CT molecular complexity index is 589. The van der Waals surface area contributed by atoms with Crippen LogP contribution in [0.3, 0.4) is 0 Å². The van der Waals surface area contributed by atoms with E-state index in [1.165, 1.54) is 0 Å². The first-order valence-electron chi connectivity index (χ1n) is 9.51. The van der Waals surface area contributed by atoms with Crippen LogP contribution < -0.4 is 0 Å². The normalized spacial score (nSPS) is 27.5. The van der Waals surface area contributed by atoms with Crippen LogP contribution in [0.4, 0.5) is 4.79 Å². The van der Waals surface area contributed by atoms with Crippen LogP contribution in [0.15, 0.2) is 37.0 Å². The topological polar surface area (TPSA) is 49.9 Å². The molecule has 0 aromatic heterocycles. The third-order valence-corrected chi connectivity index (χ3v) is 4.86. The van der Waals surface area contributed by atoms with Gasteiger partial charge in [0.15, 0.2) is 0 Å². The van der Waals surface area contributed by atoms with Gasteiger partial charge < -0.3 is 14.5 Å². The molecule has 1 fully saturated rings. The van der Waals surface area contributed by atoms with Gasteiger partial charge in [0.05, 0.1) is 12.1 Å². The number of allylic oxidation sites excluding steroid dienone is 2. The van der Waals surface area contributed by atoms with Crippen molar-refractivity contribution in [3.63, 3.8) is 0 Å². The molecule has 1 unspecified atom stereocenters. The van der Waals surface area contributed by atoms with Crippen LogP contribution >= 0.6 is 0 Å². The Morgan fingerprint density at radius 2 is 2.15 bits per heavy atom. The van der Waals surface area contributed by atoms with Crippen molar-refractivity contribution >= 4 is 12.0 Å². The van der Waals surface area contributed by atoms with Gasteiger partial charge in [-0.15, -0.1) is 6.58 Å². The molecule has 0 radical (unpaired) electrons. The Morgan fingerprint density at radius 1 is 1.42 bits per heavy atom. The molecule has 2 aliphatic heterocycles. The highest BCUT2D eigenvalue weighted by Crippen LogP contribution is 2.30. The highest BCUT2D eigenvalue weighted by molar-refractivity contribution is 5.78. The van der Waals surface area contributed by atoms with Crippen molar-refractivity contribution in [2.45, 2.75) is 64.6 Å². The Kier molecular flexibility index (Phi) is 6.68. The predicted molar refractivity (Wildman–Crippen MR) is 104 cm³/mol. The Morgan fingerprint density at radius 3 is 2.77 bits per heavy atom. The van der Waals surface area contributed by atoms with Crippen LogP contribution in [-0.2, 0) is 9.53 Å². The summed E-state index contributed by atoms with van der Waals surface area (Å²) < 4.78 is 5.57. The summed E-state index contributed by atoms with van der Waals surface area (Å²) in [7, 11) is 0. The van der Waals surface area contributed by atoms with Crippen molar-refractivity contribution in [1.29, 1.82) is 0 Å². The number of ether oxygens (including phenoxy) is 1. The minimum atomic E-state index is -0.526. The maximum atomic E-state index is 12.6. The standard InChI is InChI=1S/C21H32N2O3/c1-6-17(7-2)23-18-11-9-8-10-14-22(20(25)26-21(3,4)5)15-16(18)12-13-19(23)24/h6,8-11,16-18H,1,7,12-15H2,2-5H3/b10-8+,11-9+/t16-,17+,18?/m1/s1. The molecule has 144 valence electrons. The second-order valence-electron chi connectivity index (χ2n) is 8.00. The number of rotatable bonds is 3. The number of fused-ring (bicyclic) bond motifs is 1. The lowest BCUT2D eigenvalue weighted by molar-refractivity contribution is -0.139. The van der Waals surface area contributed by atoms with E-state index in [9.17, 15) is 9.59 Å². The van der Waals surface area contributed by atoms with Gasteiger partial charge in [0.2, 0.25) is 5.91 Å². The minimum Gasteiger partial charge on any atom is -0.444 e. The molecule has 0 saturated carbocycles. The summed E-state index contributed by atoms with van der Waals surface area (Å²) >= 11 is 0. The molecule has 2 amide bonds. The van der Waals surface area contributed by atoms with Gasteiger partial charge in [-0.25, -0.2) is 4.79 Å². The molecule has 2 heterocycles. The zero-order chi connectivity index (χ0) is 19.3. The van der Waals surface area contributed by atoms with Crippen molar-refractivity contribution in [3.05, 3.63) is 37.0 Å². The molecule has 5 nitrogen and oxygen atoms in total. The van der Waals surface area contributed by atoms with Gasteiger partial charge in [0.25, 0.3) is 0 Å². The molecule has 0 aliphatic carbocycles. The summed E-state index contributed by atoms with van der Waals surface area (Å²) in [5.74, 6) is 0.347. The maximum absolute atomic E-state index is 12.6. The summed E-state index contributed by atoms with van der Waals surface area (Å²) in [5, 5.41) is 0. The lowest BCUT2D eigenvalue weighted by Crippen LogP contribution is -2.54. The molecule has 5 heteroatoms. The van der Waals surface area contributed by atoms with Crippen LogP contribution in [0.2, 0.25) is 0 Å². The number of piperidine rings is 1. The molecular formula is C21H32N2O3. The second-order valence-corrected chi connectivity index (χ2v) is 8.00. The summed E-state index contributed by atoms with van der Waals surface area (Å²) in [6, 6.07) is -0.0217. The zero-order valence-electron chi connectivity index (χ0n) is 16.5. The van der Waals surface area contributed by atoms with Crippen LogP contribution in [0, 0.1) is 5.92 Å². The van der Waals surface area contributed by atoms with Gasteiger partial charge in [-0.1, -0.05) is 37.3 Å². The van der Waals surface area contributed by atoms with E-state index in [1.54, 1.807) is 4.90 Å². The number of amides is 2. The minimum absolute atomic E-state index is 0.0136. The molecule has 0 N–H and O–H groups in total. The van der Waals surface area contributed by atoms with Gasteiger partial charge in [0, 0.05) is 25.4 Å². The fourth-order valence-corrected chi connectivity index (χ4v) is 3.61. The van der Waals surface area contributed by atoms with E-state index in [-0.39, 0.29) is 30.0 Å². The SMILES string of the molecule is C=C[C@@H](CC)N1C(=O)CC[C@@H]2CN(C(=O)OC(C)(C)C)C/C=C/C=C/C21. The van der Waals surface area contributed by atoms with E-state index in [0.29, 0.717) is 19.5 Å². The van der Waals surface area contributed by atoms with Crippen LogP contribution in [-0.4, -0.2) is 52.6 Å². The number of hydrogen-bond donors (Lipinski definition) is 0. The van der Waals surface area contributed by atoms with Gasteiger partial charge in [-0.2, -0.15) is 0 Å². The van der Waals surface area contributed by atoms with Crippen molar-refractivity contribution in [2.24, 2.45) is 5.92 Å². The third kappa shape index (κ3) is 4.99. The Balaban J connectivity index is 2.26. The molecule has 0 aromatic rings. The average molecular weight is 360 g/mol. The number of carbonyl (C=O) groups is 2. The lowest BCUT2D eigenvalue weighted by atomic mass is 9.86. The van der Waals surface area contributed by atoms with Crippen molar-refractivity contribution in [2.75, 3.05) is 13.1 Å². The number of likely N-dealkylation sites (tertiary alicyclic amines) is 1. The molecule has 1 saturated heterocycles. The fraction of sp³-hybridized carbons (Fsp3) is 0.619. The van der Waals surface area contributed by atoms with Gasteiger partial charge in [-0.3, -0.25) is 4.79 Å². The molecular weight excluding hydrogens is 328 g/mol. The van der Waals surface area contributed by atoms with E-state index in [0.717, 1.165) is 12.8 Å². The van der Waals surface area contributed by atoms with E-state index < -0.39 is 5.60 Å². The first-order chi connectivity index (χ1) is 12.3. The molecule has 0 bridgehead atoms. The van der Waals surface area contributed by atoms with Crippen molar-refractivity contribution in [3.8, 4) is 0 Å². The van der Waals surface area contributed by atoms with Gasteiger partial charge in [-0.05, 0) is 33.6 Å². The smallest absolute Gasteiger partial charge is 0.410 e. The monoisotopic (exact) mass is 360 g/mol. The number of carbonyl (C=O) groups excluding carboxylic acids is 2. The molecule has 0 spiro atoms. The van der Waals surface area contributed by atoms with E-state index >= 15 is 0 Å². The number of hydrogen-bond acceptors (Lipinski definition) is 3. The van der Waals surface area contributed by atoms with Crippen molar-refractivity contribution < 1.29 is 14.3 Å².